The Morgan fingerprint density at radius 1 is 0.909 bits per heavy atom. The molecule has 4 aromatic carbocycles. The van der Waals surface area contributed by atoms with Gasteiger partial charge in [-0.05, 0) is 94.8 Å². The van der Waals surface area contributed by atoms with Crippen LogP contribution in [0.1, 0.15) is 57.6 Å². The number of hydrogen-bond acceptors (Lipinski definition) is 3. The third-order valence-corrected chi connectivity index (χ3v) is 9.26. The molecule has 0 aliphatic rings. The molecule has 1 aromatic heterocycles. The summed E-state index contributed by atoms with van der Waals surface area (Å²) in [4.78, 5) is 3.58. The van der Waals surface area contributed by atoms with Crippen LogP contribution in [0.5, 0.6) is 0 Å². The van der Waals surface area contributed by atoms with Crippen molar-refractivity contribution in [2.24, 2.45) is 5.92 Å². The van der Waals surface area contributed by atoms with E-state index < -0.39 is 0 Å². The summed E-state index contributed by atoms with van der Waals surface area (Å²) < 4.78 is 6.05. The molecule has 1 atom stereocenters. The van der Waals surface area contributed by atoms with Gasteiger partial charge >= 0.3 is 0 Å². The third-order valence-electron chi connectivity index (χ3n) is 8.28. The highest BCUT2D eigenvalue weighted by molar-refractivity contribution is 7.13. The van der Waals surface area contributed by atoms with E-state index in [1.807, 2.05) is 6.08 Å². The van der Waals surface area contributed by atoms with E-state index in [9.17, 15) is 0 Å². The molecule has 0 bridgehead atoms. The molecule has 0 amide bonds. The first-order valence-corrected chi connectivity index (χ1v) is 16.6. The molecule has 0 N–H and O–H groups in total. The van der Waals surface area contributed by atoms with E-state index in [2.05, 4.69) is 147 Å². The highest BCUT2D eigenvalue weighted by atomic mass is 32.1. The molecule has 0 fully saturated rings. The Morgan fingerprint density at radius 3 is 2.32 bits per heavy atom. The molecule has 3 heteroatoms. The summed E-state index contributed by atoms with van der Waals surface area (Å²) in [6.45, 7) is 15.5. The standard InChI is InChI=1S/C41H43NOS/c1-6-9-13-33(8-3)28-43-31(5)26-30(4)36-27-41(44-29-36)35-20-24-38(25-21-35)42(37-22-18-32(7-2)19-23-37)40-17-12-15-34-14-10-11-16-39(34)40/h7,10-12,14-27,29,33H,2,5-6,8-9,13,28H2,1,3-4H3. The minimum Gasteiger partial charge on any atom is -0.494 e. The quantitative estimate of drug-likeness (QED) is 0.0932. The van der Waals surface area contributed by atoms with Gasteiger partial charge in [-0.25, -0.2) is 0 Å². The van der Waals surface area contributed by atoms with Crippen molar-refractivity contribution in [1.29, 1.82) is 0 Å². The lowest BCUT2D eigenvalue weighted by Crippen LogP contribution is -2.10. The highest BCUT2D eigenvalue weighted by Gasteiger charge is 2.16. The number of thiophene rings is 1. The smallest absolute Gasteiger partial charge is 0.112 e. The van der Waals surface area contributed by atoms with Crippen LogP contribution < -0.4 is 4.90 Å². The van der Waals surface area contributed by atoms with Gasteiger partial charge in [0.15, 0.2) is 0 Å². The van der Waals surface area contributed by atoms with Gasteiger partial charge in [-0.3, -0.25) is 0 Å². The molecule has 0 aliphatic heterocycles. The van der Waals surface area contributed by atoms with Crippen LogP contribution in [0, 0.1) is 5.92 Å². The second-order valence-electron chi connectivity index (χ2n) is 11.4. The van der Waals surface area contributed by atoms with Crippen LogP contribution in [0.3, 0.4) is 0 Å². The maximum absolute atomic E-state index is 6.05. The second kappa shape index (κ2) is 14.9. The summed E-state index contributed by atoms with van der Waals surface area (Å²) in [6, 6.07) is 34.8. The number of nitrogens with zero attached hydrogens (tertiary/aromatic N) is 1. The van der Waals surface area contributed by atoms with Crippen LogP contribution in [-0.2, 0) is 4.74 Å². The van der Waals surface area contributed by atoms with Gasteiger partial charge in [-0.1, -0.05) is 113 Å². The Morgan fingerprint density at radius 2 is 1.61 bits per heavy atom. The Balaban J connectivity index is 1.37. The van der Waals surface area contributed by atoms with E-state index in [0.717, 1.165) is 41.4 Å². The zero-order valence-electron chi connectivity index (χ0n) is 26.3. The Kier molecular flexibility index (Phi) is 10.5. The van der Waals surface area contributed by atoms with Gasteiger partial charge in [0, 0.05) is 21.6 Å². The molecular formula is C41H43NOS. The molecule has 5 aromatic rings. The largest absolute Gasteiger partial charge is 0.494 e. The normalized spacial score (nSPS) is 12.2. The summed E-state index contributed by atoms with van der Waals surface area (Å²) in [6.07, 6.45) is 8.80. The van der Waals surface area contributed by atoms with Gasteiger partial charge in [0.25, 0.3) is 0 Å². The average molecular weight is 598 g/mol. The lowest BCUT2D eigenvalue weighted by atomic mass is 10.0. The maximum atomic E-state index is 6.05. The molecular weight excluding hydrogens is 555 g/mol. The van der Waals surface area contributed by atoms with E-state index in [1.165, 1.54) is 51.6 Å². The Labute approximate surface area is 267 Å². The lowest BCUT2D eigenvalue weighted by Gasteiger charge is -2.27. The number of ether oxygens (including phenoxy) is 1. The molecule has 0 radical (unpaired) electrons. The van der Waals surface area contributed by atoms with Gasteiger partial charge in [-0.2, -0.15) is 0 Å². The molecule has 5 rings (SSSR count). The average Bonchev–Trinajstić information content (AvgIpc) is 3.57. The molecule has 0 saturated carbocycles. The van der Waals surface area contributed by atoms with Crippen LogP contribution in [0.25, 0.3) is 32.9 Å². The zero-order chi connectivity index (χ0) is 30.9. The minimum atomic E-state index is 0.596. The van der Waals surface area contributed by atoms with Gasteiger partial charge in [0.2, 0.25) is 0 Å². The SMILES string of the molecule is C=Cc1ccc(N(c2ccc(-c3cc(C(C)=CC(=C)OCC(CC)CCCC)cs3)cc2)c2cccc3ccccc23)cc1. The summed E-state index contributed by atoms with van der Waals surface area (Å²) in [5.74, 6) is 1.34. The number of fused-ring (bicyclic) bond motifs is 1. The molecule has 0 saturated heterocycles. The minimum absolute atomic E-state index is 0.596. The fourth-order valence-corrected chi connectivity index (χ4v) is 6.52. The maximum Gasteiger partial charge on any atom is 0.112 e. The fourth-order valence-electron chi connectivity index (χ4n) is 5.55. The molecule has 2 nitrogen and oxygen atoms in total. The van der Waals surface area contributed by atoms with E-state index >= 15 is 0 Å². The van der Waals surface area contributed by atoms with Gasteiger partial charge in [-0.15, -0.1) is 11.3 Å². The number of rotatable bonds is 14. The predicted molar refractivity (Wildman–Crippen MR) is 194 cm³/mol. The number of unbranched alkanes of at least 4 members (excludes halogenated alkanes) is 1. The van der Waals surface area contributed by atoms with Crippen molar-refractivity contribution in [2.45, 2.75) is 46.5 Å². The van der Waals surface area contributed by atoms with Crippen LogP contribution in [0.2, 0.25) is 0 Å². The van der Waals surface area contributed by atoms with Crippen molar-refractivity contribution in [3.63, 3.8) is 0 Å². The Bertz CT molecular complexity index is 1720. The van der Waals surface area contributed by atoms with Gasteiger partial charge in [0.1, 0.15) is 5.76 Å². The van der Waals surface area contributed by atoms with E-state index in [1.54, 1.807) is 11.3 Å². The third kappa shape index (κ3) is 7.41. The number of hydrogen-bond donors (Lipinski definition) is 0. The van der Waals surface area contributed by atoms with Crippen LogP contribution in [-0.4, -0.2) is 6.61 Å². The van der Waals surface area contributed by atoms with E-state index in [0.29, 0.717) is 5.92 Å². The first-order valence-electron chi connectivity index (χ1n) is 15.7. The number of benzene rings is 4. The van der Waals surface area contributed by atoms with Crippen LogP contribution >= 0.6 is 11.3 Å². The number of allylic oxidation sites excluding steroid dienone is 2. The summed E-state index contributed by atoms with van der Waals surface area (Å²) in [5.41, 5.74) is 8.05. The second-order valence-corrected chi connectivity index (χ2v) is 12.3. The monoisotopic (exact) mass is 597 g/mol. The summed E-state index contributed by atoms with van der Waals surface area (Å²) >= 11 is 1.77. The lowest BCUT2D eigenvalue weighted by molar-refractivity contribution is 0.166. The predicted octanol–water partition coefficient (Wildman–Crippen LogP) is 12.8. The van der Waals surface area contributed by atoms with Crippen molar-refractivity contribution in [1.82, 2.24) is 0 Å². The molecule has 1 unspecified atom stereocenters. The molecule has 44 heavy (non-hydrogen) atoms. The topological polar surface area (TPSA) is 12.5 Å². The van der Waals surface area contributed by atoms with Crippen LogP contribution in [0.15, 0.2) is 127 Å². The van der Waals surface area contributed by atoms with Crippen molar-refractivity contribution >= 4 is 50.8 Å². The van der Waals surface area contributed by atoms with Crippen molar-refractivity contribution in [3.8, 4) is 10.4 Å². The molecule has 224 valence electrons. The Hall–Kier alpha value is -4.34. The van der Waals surface area contributed by atoms with E-state index in [-0.39, 0.29) is 0 Å². The van der Waals surface area contributed by atoms with Gasteiger partial charge in [0.05, 0.1) is 12.3 Å². The summed E-state index contributed by atoms with van der Waals surface area (Å²) in [5, 5.41) is 4.66. The fraction of sp³-hybridized carbons (Fsp3) is 0.220. The van der Waals surface area contributed by atoms with Gasteiger partial charge < -0.3 is 9.64 Å². The zero-order valence-corrected chi connectivity index (χ0v) is 27.1. The van der Waals surface area contributed by atoms with Crippen molar-refractivity contribution in [3.05, 3.63) is 139 Å². The molecule has 0 spiro atoms. The first-order chi connectivity index (χ1) is 21.5. The summed E-state index contributed by atoms with van der Waals surface area (Å²) in [7, 11) is 0. The van der Waals surface area contributed by atoms with Crippen molar-refractivity contribution < 1.29 is 4.74 Å². The van der Waals surface area contributed by atoms with E-state index in [4.69, 9.17) is 4.74 Å². The highest BCUT2D eigenvalue weighted by Crippen LogP contribution is 2.40. The molecule has 1 heterocycles. The molecule has 0 aliphatic carbocycles. The number of anilines is 3. The first kappa shape index (κ1) is 31.1. The van der Waals surface area contributed by atoms with Crippen molar-refractivity contribution in [2.75, 3.05) is 11.5 Å². The van der Waals surface area contributed by atoms with Crippen LogP contribution in [0.4, 0.5) is 17.1 Å².